The maximum Gasteiger partial charge on any atom is 0.420 e. The summed E-state index contributed by atoms with van der Waals surface area (Å²) in [6, 6.07) is 2.17. The zero-order valence-electron chi connectivity index (χ0n) is 18.5. The van der Waals surface area contributed by atoms with Gasteiger partial charge in [-0.15, -0.1) is 5.73 Å². The van der Waals surface area contributed by atoms with Crippen LogP contribution in [0.1, 0.15) is 35.2 Å². The summed E-state index contributed by atoms with van der Waals surface area (Å²) >= 11 is 0. The second-order valence-corrected chi connectivity index (χ2v) is 6.75. The van der Waals surface area contributed by atoms with E-state index in [0.717, 1.165) is 6.20 Å². The molecule has 190 valence electrons. The molecule has 3 aromatic rings. The summed E-state index contributed by atoms with van der Waals surface area (Å²) in [5, 5.41) is 2.73. The molecule has 3 heterocycles. The van der Waals surface area contributed by atoms with Crippen LogP contribution >= 0.6 is 0 Å². The molecule has 0 unspecified atom stereocenters. The number of amides is 1. The summed E-state index contributed by atoms with van der Waals surface area (Å²) in [5.41, 5.74) is 0.901. The van der Waals surface area contributed by atoms with Crippen molar-refractivity contribution in [2.45, 2.75) is 39.4 Å². The van der Waals surface area contributed by atoms with Gasteiger partial charge in [0.25, 0.3) is 5.56 Å². The zero-order chi connectivity index (χ0) is 26.2. The summed E-state index contributed by atoms with van der Waals surface area (Å²) in [4.78, 5) is 45.1. The molecular weight excluding hydrogens is 477 g/mol. The minimum Gasteiger partial charge on any atom is -0.350 e. The summed E-state index contributed by atoms with van der Waals surface area (Å²) < 4.78 is 62.3. The number of nitrogens with zero attached hydrogens (tertiary/aromatic N) is 2. The number of rotatable bonds is 4. The van der Waals surface area contributed by atoms with Crippen molar-refractivity contribution in [3.63, 3.8) is 0 Å². The van der Waals surface area contributed by atoms with Crippen molar-refractivity contribution in [2.75, 3.05) is 0 Å². The summed E-state index contributed by atoms with van der Waals surface area (Å²) in [7, 11) is 0. The van der Waals surface area contributed by atoms with Crippen molar-refractivity contribution >= 4 is 16.8 Å². The van der Waals surface area contributed by atoms with Gasteiger partial charge in [-0.05, 0) is 11.6 Å². The molecule has 0 bridgehead atoms. The molecule has 0 saturated heterocycles. The maximum atomic E-state index is 13.2. The van der Waals surface area contributed by atoms with Crippen LogP contribution in [0.2, 0.25) is 0 Å². The highest BCUT2D eigenvalue weighted by atomic mass is 19.4. The molecule has 0 spiro atoms. The number of aromatic nitrogens is 4. The van der Waals surface area contributed by atoms with Crippen LogP contribution in [-0.2, 0) is 11.3 Å². The molecule has 13 heteroatoms. The Hall–Kier alpha value is -4.12. The first kappa shape index (κ1) is 27.1. The third-order valence-corrected chi connectivity index (χ3v) is 4.31. The van der Waals surface area contributed by atoms with Gasteiger partial charge in [0.1, 0.15) is 11.6 Å². The number of carbonyl (C=O) groups is 1. The van der Waals surface area contributed by atoms with Gasteiger partial charge in [-0.25, -0.2) is 13.6 Å². The van der Waals surface area contributed by atoms with Crippen LogP contribution in [0.4, 0.5) is 22.0 Å². The first-order valence-electron chi connectivity index (χ1n) is 10.2. The van der Waals surface area contributed by atoms with E-state index in [1.165, 1.54) is 12.4 Å². The van der Waals surface area contributed by atoms with Crippen LogP contribution in [0, 0.1) is 11.6 Å². The topological polar surface area (TPSA) is 121 Å². The van der Waals surface area contributed by atoms with Crippen LogP contribution in [0.5, 0.6) is 0 Å². The Morgan fingerprint density at radius 1 is 1.20 bits per heavy atom. The van der Waals surface area contributed by atoms with Gasteiger partial charge in [0.15, 0.2) is 0 Å². The molecule has 0 aromatic carbocycles. The Kier molecular flexibility index (Phi) is 9.18. The number of alkyl halides is 3. The molecule has 1 aliphatic rings. The third-order valence-electron chi connectivity index (χ3n) is 4.31. The van der Waals surface area contributed by atoms with E-state index in [1.807, 2.05) is 13.8 Å². The monoisotopic (exact) mass is 501 g/mol. The van der Waals surface area contributed by atoms with E-state index in [4.69, 9.17) is 0 Å². The fourth-order valence-corrected chi connectivity index (χ4v) is 2.71. The third kappa shape index (κ3) is 7.71. The van der Waals surface area contributed by atoms with Crippen LogP contribution < -0.4 is 16.6 Å². The van der Waals surface area contributed by atoms with E-state index < -0.39 is 40.5 Å². The lowest BCUT2D eigenvalue weighted by Gasteiger charge is -2.17. The van der Waals surface area contributed by atoms with Gasteiger partial charge in [0, 0.05) is 21.5 Å². The number of hydrogen-bond donors (Lipinski definition) is 3. The van der Waals surface area contributed by atoms with E-state index in [-0.39, 0.29) is 33.5 Å². The Morgan fingerprint density at radius 2 is 1.89 bits per heavy atom. The number of H-pyrrole nitrogens is 2. The number of aromatic amines is 2. The van der Waals surface area contributed by atoms with Gasteiger partial charge in [0.2, 0.25) is 5.91 Å². The van der Waals surface area contributed by atoms with E-state index in [0.29, 0.717) is 17.0 Å². The Morgan fingerprint density at radius 3 is 2.51 bits per heavy atom. The standard InChI is InChI=1S/C13H9F5N2O.C7H5N3O2.C2H6.2H2/c14-9-4-10(15)11(19-5-9)6-20-12(21)3-7-1-8(2-7)13(16,17)18;11-6-4-1-2-8-3-5(4)9-7(12)10-6;1-2;;/h4-5H,1,3,6H2,(H,20,21);1-3H,(H2,9,10,11,12);1-2H3;2*1H. The van der Waals surface area contributed by atoms with E-state index in [9.17, 15) is 36.3 Å². The van der Waals surface area contributed by atoms with Gasteiger partial charge in [-0.3, -0.25) is 24.5 Å². The van der Waals surface area contributed by atoms with Gasteiger partial charge in [0.05, 0.1) is 47.5 Å². The number of halogens is 5. The van der Waals surface area contributed by atoms with E-state index in [1.54, 1.807) is 6.07 Å². The fraction of sp³-hybridized carbons (Fsp3) is 0.273. The zero-order valence-corrected chi connectivity index (χ0v) is 18.5. The van der Waals surface area contributed by atoms with E-state index >= 15 is 0 Å². The molecule has 4 rings (SSSR count). The smallest absolute Gasteiger partial charge is 0.350 e. The van der Waals surface area contributed by atoms with Crippen molar-refractivity contribution in [3.8, 4) is 0 Å². The maximum absolute atomic E-state index is 13.2. The fourth-order valence-electron chi connectivity index (χ4n) is 2.71. The summed E-state index contributed by atoms with van der Waals surface area (Å²) in [6.45, 7) is 3.73. The molecule has 1 amide bonds. The minimum absolute atomic E-state index is 0. The van der Waals surface area contributed by atoms with Crippen LogP contribution in [-0.4, -0.2) is 32.0 Å². The molecule has 3 aromatic heterocycles. The lowest BCUT2D eigenvalue weighted by Crippen LogP contribution is -2.25. The molecule has 0 saturated carbocycles. The number of carbonyl (C=O) groups excluding carboxylic acids is 1. The second-order valence-electron chi connectivity index (χ2n) is 6.75. The average Bonchev–Trinajstić information content (AvgIpc) is 2.76. The molecule has 8 nitrogen and oxygen atoms in total. The lowest BCUT2D eigenvalue weighted by molar-refractivity contribution is -0.121. The van der Waals surface area contributed by atoms with Crippen molar-refractivity contribution < 1.29 is 29.6 Å². The average molecular weight is 501 g/mol. The Bertz CT molecular complexity index is 1400. The summed E-state index contributed by atoms with van der Waals surface area (Å²) in [6.07, 6.45) is -1.26. The predicted molar refractivity (Wildman–Crippen MR) is 120 cm³/mol. The number of nitrogens with one attached hydrogen (secondary N) is 3. The van der Waals surface area contributed by atoms with Gasteiger partial charge in [-0.1, -0.05) is 13.8 Å². The second kappa shape index (κ2) is 11.8. The lowest BCUT2D eigenvalue weighted by atomic mass is 9.94. The minimum atomic E-state index is -4.42. The number of fused-ring (bicyclic) bond motifs is 1. The van der Waals surface area contributed by atoms with Crippen molar-refractivity contribution in [3.05, 3.63) is 85.8 Å². The van der Waals surface area contributed by atoms with Crippen molar-refractivity contribution in [1.29, 1.82) is 0 Å². The first-order valence-corrected chi connectivity index (χ1v) is 10.2. The molecule has 1 aliphatic carbocycles. The summed E-state index contributed by atoms with van der Waals surface area (Å²) in [5.74, 6) is -2.33. The number of pyridine rings is 2. The predicted octanol–water partition coefficient (Wildman–Crippen LogP) is 3.91. The quantitative estimate of drug-likeness (QED) is 0.370. The Labute approximate surface area is 197 Å². The van der Waals surface area contributed by atoms with E-state index in [2.05, 4.69) is 31.0 Å². The van der Waals surface area contributed by atoms with Crippen LogP contribution in [0.15, 0.2) is 57.2 Å². The highest BCUT2D eigenvalue weighted by molar-refractivity contribution is 5.79. The Balaban J connectivity index is 0.000000692. The molecule has 0 aliphatic heterocycles. The normalized spacial score (nSPS) is 12.2. The highest BCUT2D eigenvalue weighted by Crippen LogP contribution is 2.35. The van der Waals surface area contributed by atoms with Gasteiger partial charge in [-0.2, -0.15) is 13.2 Å². The molecule has 0 radical (unpaired) electrons. The van der Waals surface area contributed by atoms with Crippen LogP contribution in [0.3, 0.4) is 0 Å². The number of hydrogen-bond acceptors (Lipinski definition) is 5. The van der Waals surface area contributed by atoms with Gasteiger partial charge < -0.3 is 10.3 Å². The molecular formula is C22H24F5N5O3. The largest absolute Gasteiger partial charge is 0.420 e. The molecule has 3 N–H and O–H groups in total. The molecule has 0 fully saturated rings. The van der Waals surface area contributed by atoms with Crippen molar-refractivity contribution in [1.82, 2.24) is 25.3 Å². The molecule has 0 atom stereocenters. The SMILES string of the molecule is CC.O=C(CC1=C=C(C(F)(F)F)C1)NCc1ncc(F)cc1F.O=c1[nH]c(=O)c2ccncc2[nH]1.[HH].[HH]. The first-order chi connectivity index (χ1) is 16.5. The van der Waals surface area contributed by atoms with Crippen LogP contribution in [0.25, 0.3) is 10.9 Å². The van der Waals surface area contributed by atoms with Crippen molar-refractivity contribution in [2.24, 2.45) is 0 Å². The molecule has 35 heavy (non-hydrogen) atoms. The highest BCUT2D eigenvalue weighted by Gasteiger charge is 2.37. The van der Waals surface area contributed by atoms with Gasteiger partial charge >= 0.3 is 11.9 Å².